The van der Waals surface area contributed by atoms with E-state index in [0.29, 0.717) is 11.8 Å². The van der Waals surface area contributed by atoms with Crippen molar-refractivity contribution in [1.82, 2.24) is 20.1 Å². The van der Waals surface area contributed by atoms with E-state index in [0.717, 1.165) is 43.2 Å². The maximum absolute atomic E-state index is 12.0. The first-order valence-corrected chi connectivity index (χ1v) is 9.07. The molecule has 118 valence electrons. The molecular formula is C15H26N4OS. The molecule has 1 aliphatic rings. The number of nitrogens with one attached hydrogen (secondary N) is 1. The van der Waals surface area contributed by atoms with E-state index in [4.69, 9.17) is 0 Å². The summed E-state index contributed by atoms with van der Waals surface area (Å²) in [7, 11) is 0. The van der Waals surface area contributed by atoms with Crippen LogP contribution in [0.1, 0.15) is 58.2 Å². The van der Waals surface area contributed by atoms with Gasteiger partial charge < -0.3 is 9.88 Å². The summed E-state index contributed by atoms with van der Waals surface area (Å²) in [6.45, 7) is 5.15. The van der Waals surface area contributed by atoms with Crippen molar-refractivity contribution >= 4 is 17.7 Å². The smallest absolute Gasteiger partial charge is 0.230 e. The molecule has 0 radical (unpaired) electrons. The lowest BCUT2D eigenvalue weighted by Gasteiger charge is -2.22. The van der Waals surface area contributed by atoms with Crippen LogP contribution in [-0.4, -0.2) is 32.5 Å². The van der Waals surface area contributed by atoms with Crippen molar-refractivity contribution in [1.29, 1.82) is 0 Å². The highest BCUT2D eigenvalue weighted by Crippen LogP contribution is 2.20. The van der Waals surface area contributed by atoms with Gasteiger partial charge in [0.25, 0.3) is 0 Å². The van der Waals surface area contributed by atoms with Gasteiger partial charge in [-0.25, -0.2) is 0 Å². The Labute approximate surface area is 131 Å². The fourth-order valence-corrected chi connectivity index (χ4v) is 3.58. The first kappa shape index (κ1) is 16.3. The number of rotatable bonds is 7. The van der Waals surface area contributed by atoms with Crippen molar-refractivity contribution in [3.8, 4) is 0 Å². The van der Waals surface area contributed by atoms with Crippen molar-refractivity contribution < 1.29 is 4.79 Å². The predicted molar refractivity (Wildman–Crippen MR) is 85.4 cm³/mol. The average Bonchev–Trinajstić information content (AvgIpc) is 2.89. The molecule has 0 unspecified atom stereocenters. The number of nitrogens with zero attached hydrogens (tertiary/aromatic N) is 3. The predicted octanol–water partition coefficient (Wildman–Crippen LogP) is 2.79. The molecule has 0 spiro atoms. The molecule has 2 rings (SSSR count). The Morgan fingerprint density at radius 3 is 2.71 bits per heavy atom. The molecular weight excluding hydrogens is 284 g/mol. The van der Waals surface area contributed by atoms with E-state index >= 15 is 0 Å². The second-order valence-corrected chi connectivity index (χ2v) is 6.54. The second-order valence-electron chi connectivity index (χ2n) is 5.60. The van der Waals surface area contributed by atoms with Crippen molar-refractivity contribution in [3.63, 3.8) is 0 Å². The topological polar surface area (TPSA) is 59.8 Å². The van der Waals surface area contributed by atoms with E-state index in [1.54, 1.807) is 0 Å². The zero-order valence-corrected chi connectivity index (χ0v) is 13.9. The van der Waals surface area contributed by atoms with Crippen LogP contribution >= 0.6 is 11.8 Å². The highest BCUT2D eigenvalue weighted by Gasteiger charge is 2.17. The quantitative estimate of drug-likeness (QED) is 0.787. The Kier molecular flexibility index (Phi) is 6.54. The van der Waals surface area contributed by atoms with Gasteiger partial charge >= 0.3 is 0 Å². The summed E-state index contributed by atoms with van der Waals surface area (Å²) in [6, 6.07) is 0.381. The van der Waals surface area contributed by atoms with Gasteiger partial charge in [-0.1, -0.05) is 44.9 Å². The molecule has 0 bridgehead atoms. The van der Waals surface area contributed by atoms with Crippen LogP contribution in [0.2, 0.25) is 0 Å². The summed E-state index contributed by atoms with van der Waals surface area (Å²) in [4.78, 5) is 12.0. The molecule has 1 amide bonds. The number of carbonyl (C=O) groups is 1. The van der Waals surface area contributed by atoms with E-state index < -0.39 is 0 Å². The summed E-state index contributed by atoms with van der Waals surface area (Å²) in [5.74, 6) is 1.56. The maximum atomic E-state index is 12.0. The molecule has 1 aliphatic carbocycles. The van der Waals surface area contributed by atoms with Crippen LogP contribution in [0.5, 0.6) is 0 Å². The number of hydrogen-bond donors (Lipinski definition) is 1. The number of thioether (sulfide) groups is 1. The standard InChI is InChI=1S/C15H26N4OS/c1-3-10-19-13(4-2)17-18-15(19)21-11-14(20)16-12-8-6-5-7-9-12/h12H,3-11H2,1-2H3,(H,16,20). The van der Waals surface area contributed by atoms with Gasteiger partial charge in [0.15, 0.2) is 5.16 Å². The van der Waals surface area contributed by atoms with Gasteiger partial charge in [0, 0.05) is 19.0 Å². The first-order valence-electron chi connectivity index (χ1n) is 8.08. The third-order valence-electron chi connectivity index (χ3n) is 3.86. The maximum Gasteiger partial charge on any atom is 0.230 e. The molecule has 0 atom stereocenters. The summed E-state index contributed by atoms with van der Waals surface area (Å²) in [5.41, 5.74) is 0. The van der Waals surface area contributed by atoms with Crippen molar-refractivity contribution in [2.75, 3.05) is 5.75 Å². The number of hydrogen-bond acceptors (Lipinski definition) is 4. The minimum Gasteiger partial charge on any atom is -0.353 e. The van der Waals surface area contributed by atoms with Crippen molar-refractivity contribution in [2.24, 2.45) is 0 Å². The molecule has 1 fully saturated rings. The summed E-state index contributed by atoms with van der Waals surface area (Å²) < 4.78 is 2.14. The molecule has 0 aromatic carbocycles. The lowest BCUT2D eigenvalue weighted by molar-refractivity contribution is -0.119. The van der Waals surface area contributed by atoms with E-state index in [1.807, 2.05) is 0 Å². The molecule has 6 heteroatoms. The molecule has 21 heavy (non-hydrogen) atoms. The third-order valence-corrected chi connectivity index (χ3v) is 4.83. The van der Waals surface area contributed by atoms with Gasteiger partial charge in [-0.15, -0.1) is 10.2 Å². The van der Waals surface area contributed by atoms with Crippen molar-refractivity contribution in [2.45, 2.75) is 76.5 Å². The van der Waals surface area contributed by atoms with Gasteiger partial charge in [0.1, 0.15) is 5.82 Å². The highest BCUT2D eigenvalue weighted by atomic mass is 32.2. The molecule has 0 saturated heterocycles. The van der Waals surface area contributed by atoms with Crippen LogP contribution < -0.4 is 5.32 Å². The summed E-state index contributed by atoms with van der Waals surface area (Å²) >= 11 is 1.50. The molecule has 1 N–H and O–H groups in total. The molecule has 1 aromatic heterocycles. The number of aryl methyl sites for hydroxylation is 1. The number of aromatic nitrogens is 3. The monoisotopic (exact) mass is 310 g/mol. The molecule has 1 aromatic rings. The SMILES string of the molecule is CCCn1c(CC)nnc1SCC(=O)NC1CCCCC1. The highest BCUT2D eigenvalue weighted by molar-refractivity contribution is 7.99. The summed E-state index contributed by atoms with van der Waals surface area (Å²) in [6.07, 6.45) is 7.96. The normalized spacial score (nSPS) is 16.1. The molecule has 1 heterocycles. The van der Waals surface area contributed by atoms with Crippen LogP contribution in [0.25, 0.3) is 0 Å². The largest absolute Gasteiger partial charge is 0.353 e. The van der Waals surface area contributed by atoms with E-state index in [-0.39, 0.29) is 5.91 Å². The molecule has 5 nitrogen and oxygen atoms in total. The Bertz CT molecular complexity index is 455. The lowest BCUT2D eigenvalue weighted by atomic mass is 9.95. The number of carbonyl (C=O) groups excluding carboxylic acids is 1. The first-order chi connectivity index (χ1) is 10.2. The van der Waals surface area contributed by atoms with E-state index in [9.17, 15) is 4.79 Å². The minimum absolute atomic E-state index is 0.121. The average molecular weight is 310 g/mol. The van der Waals surface area contributed by atoms with Gasteiger partial charge in [0.2, 0.25) is 5.91 Å². The zero-order chi connectivity index (χ0) is 15.1. The Hall–Kier alpha value is -1.04. The Balaban J connectivity index is 1.84. The van der Waals surface area contributed by atoms with Gasteiger partial charge in [-0.2, -0.15) is 0 Å². The van der Waals surface area contributed by atoms with E-state index in [2.05, 4.69) is 33.9 Å². The van der Waals surface area contributed by atoms with Crippen molar-refractivity contribution in [3.05, 3.63) is 5.82 Å². The Morgan fingerprint density at radius 1 is 1.29 bits per heavy atom. The fourth-order valence-electron chi connectivity index (χ4n) is 2.78. The van der Waals surface area contributed by atoms with Crippen LogP contribution in [0, 0.1) is 0 Å². The van der Waals surface area contributed by atoms with Crippen LogP contribution in [0.3, 0.4) is 0 Å². The third kappa shape index (κ3) is 4.73. The van der Waals surface area contributed by atoms with Crippen LogP contribution in [-0.2, 0) is 17.8 Å². The second kappa shape index (κ2) is 8.41. The fraction of sp³-hybridized carbons (Fsp3) is 0.800. The molecule has 0 aliphatic heterocycles. The van der Waals surface area contributed by atoms with Crippen LogP contribution in [0.15, 0.2) is 5.16 Å². The number of amides is 1. The van der Waals surface area contributed by atoms with Gasteiger partial charge in [0.05, 0.1) is 5.75 Å². The Morgan fingerprint density at radius 2 is 2.05 bits per heavy atom. The zero-order valence-electron chi connectivity index (χ0n) is 13.1. The minimum atomic E-state index is 0.121. The van der Waals surface area contributed by atoms with Gasteiger partial charge in [-0.05, 0) is 19.3 Å². The van der Waals surface area contributed by atoms with Gasteiger partial charge in [-0.3, -0.25) is 4.79 Å². The lowest BCUT2D eigenvalue weighted by Crippen LogP contribution is -2.37. The van der Waals surface area contributed by atoms with Crippen LogP contribution in [0.4, 0.5) is 0 Å². The molecule has 1 saturated carbocycles. The summed E-state index contributed by atoms with van der Waals surface area (Å²) in [5, 5.41) is 12.4. The van der Waals surface area contributed by atoms with E-state index in [1.165, 1.54) is 31.0 Å².